The Morgan fingerprint density at radius 2 is 1.74 bits per heavy atom. The molecule has 1 atom stereocenters. The summed E-state index contributed by atoms with van der Waals surface area (Å²) in [5.74, 6) is 0.00599. The predicted octanol–water partition coefficient (Wildman–Crippen LogP) is 4.67. The normalized spacial score (nSPS) is 16.0. The summed E-state index contributed by atoms with van der Waals surface area (Å²) >= 11 is 0. The van der Waals surface area contributed by atoms with Crippen LogP contribution in [-0.2, 0) is 4.79 Å². The molecule has 1 unspecified atom stereocenters. The van der Waals surface area contributed by atoms with Gasteiger partial charge in [0.15, 0.2) is 0 Å². The second-order valence-corrected chi connectivity index (χ2v) is 6.49. The Morgan fingerprint density at radius 3 is 2.59 bits per heavy atom. The van der Waals surface area contributed by atoms with E-state index in [1.165, 1.54) is 0 Å². The van der Waals surface area contributed by atoms with Gasteiger partial charge < -0.3 is 10.3 Å². The van der Waals surface area contributed by atoms with Gasteiger partial charge in [-0.3, -0.25) is 4.79 Å². The summed E-state index contributed by atoms with van der Waals surface area (Å²) in [6, 6.07) is 23.9. The minimum absolute atomic E-state index is 0.0740. The SMILES string of the molecule is O=C1Nc2cc(-c3ccccc3)ccc2C1C=Nc1nc2ccccc2[nH]1. The van der Waals surface area contributed by atoms with Gasteiger partial charge in [0, 0.05) is 11.9 Å². The van der Waals surface area contributed by atoms with Crippen molar-refractivity contribution in [2.75, 3.05) is 5.32 Å². The first-order chi connectivity index (χ1) is 13.3. The maximum Gasteiger partial charge on any atom is 0.237 e. The topological polar surface area (TPSA) is 70.1 Å². The van der Waals surface area contributed by atoms with Crippen molar-refractivity contribution >= 4 is 34.8 Å². The zero-order valence-electron chi connectivity index (χ0n) is 14.4. The van der Waals surface area contributed by atoms with Gasteiger partial charge in [-0.05, 0) is 34.9 Å². The van der Waals surface area contributed by atoms with Crippen molar-refractivity contribution in [3.8, 4) is 11.1 Å². The Hall–Kier alpha value is -3.73. The molecule has 0 saturated carbocycles. The Balaban J connectivity index is 1.46. The minimum Gasteiger partial charge on any atom is -0.325 e. The van der Waals surface area contributed by atoms with E-state index in [4.69, 9.17) is 0 Å². The van der Waals surface area contributed by atoms with E-state index in [2.05, 4.69) is 32.4 Å². The molecule has 2 heterocycles. The monoisotopic (exact) mass is 352 g/mol. The maximum absolute atomic E-state index is 12.4. The van der Waals surface area contributed by atoms with Crippen LogP contribution in [0.15, 0.2) is 77.8 Å². The summed E-state index contributed by atoms with van der Waals surface area (Å²) in [5, 5.41) is 2.96. The number of nitrogens with zero attached hydrogens (tertiary/aromatic N) is 2. The molecule has 3 aromatic carbocycles. The largest absolute Gasteiger partial charge is 0.325 e. The molecule has 5 heteroatoms. The van der Waals surface area contributed by atoms with Gasteiger partial charge in [-0.2, -0.15) is 0 Å². The lowest BCUT2D eigenvalue weighted by Gasteiger charge is -2.05. The highest BCUT2D eigenvalue weighted by atomic mass is 16.2. The van der Waals surface area contributed by atoms with Crippen LogP contribution in [0.3, 0.4) is 0 Å². The van der Waals surface area contributed by atoms with Crippen LogP contribution in [0.5, 0.6) is 0 Å². The third kappa shape index (κ3) is 2.79. The summed E-state index contributed by atoms with van der Waals surface area (Å²) in [6.07, 6.45) is 1.65. The molecule has 4 aromatic rings. The summed E-state index contributed by atoms with van der Waals surface area (Å²) in [5.41, 5.74) is 5.74. The lowest BCUT2D eigenvalue weighted by Crippen LogP contribution is -2.12. The first-order valence-electron chi connectivity index (χ1n) is 8.77. The van der Waals surface area contributed by atoms with E-state index >= 15 is 0 Å². The predicted molar refractivity (Wildman–Crippen MR) is 107 cm³/mol. The Kier molecular flexibility index (Phi) is 3.57. The van der Waals surface area contributed by atoms with Crippen molar-refractivity contribution in [2.24, 2.45) is 4.99 Å². The molecule has 1 aliphatic heterocycles. The molecule has 0 radical (unpaired) electrons. The van der Waals surface area contributed by atoms with Gasteiger partial charge in [0.25, 0.3) is 0 Å². The standard InChI is InChI=1S/C22H16N4O/c27-21-17(13-23-22-25-18-8-4-5-9-19(18)26-22)16-11-10-15(12-20(16)24-21)14-6-2-1-3-7-14/h1-13,17H,(H,24,27)(H,25,26). The number of carbonyl (C=O) groups is 1. The second-order valence-electron chi connectivity index (χ2n) is 6.49. The van der Waals surface area contributed by atoms with Gasteiger partial charge in [0.2, 0.25) is 11.9 Å². The van der Waals surface area contributed by atoms with Crippen LogP contribution >= 0.6 is 0 Å². The third-order valence-electron chi connectivity index (χ3n) is 4.76. The summed E-state index contributed by atoms with van der Waals surface area (Å²) in [7, 11) is 0. The number of nitrogens with one attached hydrogen (secondary N) is 2. The van der Waals surface area contributed by atoms with Crippen LogP contribution < -0.4 is 5.32 Å². The van der Waals surface area contributed by atoms with Crippen molar-refractivity contribution in [1.82, 2.24) is 9.97 Å². The molecule has 27 heavy (non-hydrogen) atoms. The molecule has 5 rings (SSSR count). The number of rotatable bonds is 3. The second kappa shape index (κ2) is 6.21. The van der Waals surface area contributed by atoms with Crippen molar-refractivity contribution in [2.45, 2.75) is 5.92 Å². The van der Waals surface area contributed by atoms with Gasteiger partial charge in [-0.15, -0.1) is 0 Å². The average molecular weight is 352 g/mol. The Morgan fingerprint density at radius 1 is 0.926 bits per heavy atom. The smallest absolute Gasteiger partial charge is 0.237 e. The molecule has 2 N–H and O–H groups in total. The number of anilines is 1. The Bertz CT molecular complexity index is 1140. The fraction of sp³-hybridized carbons (Fsp3) is 0.0455. The summed E-state index contributed by atoms with van der Waals surface area (Å²) < 4.78 is 0. The van der Waals surface area contributed by atoms with Gasteiger partial charge in [0.05, 0.1) is 11.0 Å². The number of aliphatic imine (C=N–C) groups is 1. The number of para-hydroxylation sites is 2. The molecule has 0 aliphatic carbocycles. The van der Waals surface area contributed by atoms with E-state index in [0.29, 0.717) is 5.95 Å². The van der Waals surface area contributed by atoms with E-state index in [9.17, 15) is 4.79 Å². The first kappa shape index (κ1) is 15.5. The molecule has 130 valence electrons. The van der Waals surface area contributed by atoms with Crippen LogP contribution in [0.2, 0.25) is 0 Å². The van der Waals surface area contributed by atoms with Crippen LogP contribution in [0.1, 0.15) is 11.5 Å². The lowest BCUT2D eigenvalue weighted by molar-refractivity contribution is -0.115. The number of amides is 1. The molecular weight excluding hydrogens is 336 g/mol. The quantitative estimate of drug-likeness (QED) is 0.526. The molecule has 0 fully saturated rings. The minimum atomic E-state index is -0.418. The van der Waals surface area contributed by atoms with Crippen molar-refractivity contribution < 1.29 is 4.79 Å². The zero-order chi connectivity index (χ0) is 18.2. The van der Waals surface area contributed by atoms with Crippen molar-refractivity contribution in [3.63, 3.8) is 0 Å². The number of hydrogen-bond donors (Lipinski definition) is 2. The van der Waals surface area contributed by atoms with Crippen LogP contribution in [0.25, 0.3) is 22.2 Å². The van der Waals surface area contributed by atoms with E-state index in [-0.39, 0.29) is 5.91 Å². The van der Waals surface area contributed by atoms with E-state index in [1.54, 1.807) is 6.21 Å². The number of aromatic amines is 1. The maximum atomic E-state index is 12.4. The first-order valence-corrected chi connectivity index (χ1v) is 8.77. The third-order valence-corrected chi connectivity index (χ3v) is 4.76. The van der Waals surface area contributed by atoms with Gasteiger partial charge >= 0.3 is 0 Å². The number of H-pyrrole nitrogens is 1. The van der Waals surface area contributed by atoms with Gasteiger partial charge in [-0.1, -0.05) is 54.6 Å². The van der Waals surface area contributed by atoms with Gasteiger partial charge in [0.1, 0.15) is 5.92 Å². The van der Waals surface area contributed by atoms with Crippen molar-refractivity contribution in [3.05, 3.63) is 78.4 Å². The van der Waals surface area contributed by atoms with E-state index < -0.39 is 5.92 Å². The van der Waals surface area contributed by atoms with Crippen LogP contribution in [0.4, 0.5) is 11.6 Å². The highest BCUT2D eigenvalue weighted by molar-refractivity contribution is 6.13. The number of benzene rings is 3. The number of hydrogen-bond acceptors (Lipinski definition) is 3. The molecule has 1 aliphatic rings. The molecule has 0 bridgehead atoms. The zero-order valence-corrected chi connectivity index (χ0v) is 14.4. The summed E-state index contributed by atoms with van der Waals surface area (Å²) in [4.78, 5) is 24.4. The van der Waals surface area contributed by atoms with Crippen LogP contribution in [-0.4, -0.2) is 22.1 Å². The lowest BCUT2D eigenvalue weighted by atomic mass is 9.98. The van der Waals surface area contributed by atoms with Crippen molar-refractivity contribution in [1.29, 1.82) is 0 Å². The molecule has 1 amide bonds. The van der Waals surface area contributed by atoms with Gasteiger partial charge in [-0.25, -0.2) is 9.98 Å². The molecular formula is C22H16N4O. The fourth-order valence-corrected chi connectivity index (χ4v) is 3.39. The molecule has 0 spiro atoms. The van der Waals surface area contributed by atoms with Crippen LogP contribution in [0, 0.1) is 0 Å². The Labute approximate surface area is 155 Å². The average Bonchev–Trinajstić information content (AvgIpc) is 3.26. The highest BCUT2D eigenvalue weighted by Crippen LogP contribution is 2.35. The number of carbonyl (C=O) groups excluding carboxylic acids is 1. The molecule has 1 aromatic heterocycles. The number of aromatic nitrogens is 2. The highest BCUT2D eigenvalue weighted by Gasteiger charge is 2.29. The number of fused-ring (bicyclic) bond motifs is 2. The molecule has 5 nitrogen and oxygen atoms in total. The molecule has 0 saturated heterocycles. The fourth-order valence-electron chi connectivity index (χ4n) is 3.39. The van der Waals surface area contributed by atoms with E-state index in [1.807, 2.05) is 60.7 Å². The van der Waals surface area contributed by atoms with E-state index in [0.717, 1.165) is 33.4 Å². The summed E-state index contributed by atoms with van der Waals surface area (Å²) in [6.45, 7) is 0. The number of imidazole rings is 1.